The van der Waals surface area contributed by atoms with Crippen molar-refractivity contribution < 1.29 is 19.3 Å². The van der Waals surface area contributed by atoms with Gasteiger partial charge in [-0.1, -0.05) is 30.3 Å². The van der Waals surface area contributed by atoms with Gasteiger partial charge in [-0.3, -0.25) is 4.79 Å². The van der Waals surface area contributed by atoms with Crippen LogP contribution in [0.1, 0.15) is 38.2 Å². The fourth-order valence-corrected chi connectivity index (χ4v) is 4.08. The number of benzene rings is 2. The van der Waals surface area contributed by atoms with Crippen LogP contribution in [0.25, 0.3) is 5.57 Å². The standard InChI is InChI=1S/C24H27ClN2O4/c1-16(18-3-5-19(25)6-4-18)23-15-29-24(31-30-23)13-11-22(12-14-24)27-21-9-7-20(8-10-21)26-17(2)28/h3-10,22-23,27H,1,11-15H2,2H3,(H,26,28). The van der Waals surface area contributed by atoms with Crippen LogP contribution >= 0.6 is 11.6 Å². The number of ether oxygens (including phenoxy) is 1. The molecule has 1 amide bonds. The summed E-state index contributed by atoms with van der Waals surface area (Å²) in [4.78, 5) is 22.6. The molecule has 1 heterocycles. The van der Waals surface area contributed by atoms with E-state index in [0.29, 0.717) is 17.7 Å². The first-order valence-electron chi connectivity index (χ1n) is 10.5. The van der Waals surface area contributed by atoms with E-state index in [-0.39, 0.29) is 12.0 Å². The number of carbonyl (C=O) groups excluding carboxylic acids is 1. The Kier molecular flexibility index (Phi) is 6.62. The Morgan fingerprint density at radius 3 is 2.29 bits per heavy atom. The lowest BCUT2D eigenvalue weighted by molar-refractivity contribution is -0.483. The predicted octanol–water partition coefficient (Wildman–Crippen LogP) is 5.41. The van der Waals surface area contributed by atoms with Gasteiger partial charge in [0.15, 0.2) is 0 Å². The second kappa shape index (κ2) is 9.40. The van der Waals surface area contributed by atoms with E-state index in [2.05, 4.69) is 17.2 Å². The van der Waals surface area contributed by atoms with E-state index in [4.69, 9.17) is 26.1 Å². The number of carbonyl (C=O) groups is 1. The molecule has 1 aliphatic carbocycles. The molecule has 1 atom stereocenters. The Balaban J connectivity index is 1.25. The lowest BCUT2D eigenvalue weighted by Crippen LogP contribution is -2.49. The number of anilines is 2. The molecule has 1 spiro atoms. The Labute approximate surface area is 187 Å². The van der Waals surface area contributed by atoms with E-state index in [1.165, 1.54) is 6.92 Å². The molecule has 0 bridgehead atoms. The minimum absolute atomic E-state index is 0.0769. The molecule has 1 aliphatic heterocycles. The number of rotatable bonds is 5. The Morgan fingerprint density at radius 1 is 1.06 bits per heavy atom. The van der Waals surface area contributed by atoms with Gasteiger partial charge in [0.2, 0.25) is 11.7 Å². The number of nitrogens with one attached hydrogen (secondary N) is 2. The molecule has 4 rings (SSSR count). The molecule has 31 heavy (non-hydrogen) atoms. The molecular weight excluding hydrogens is 416 g/mol. The highest BCUT2D eigenvalue weighted by atomic mass is 35.5. The maximum atomic E-state index is 11.1. The van der Waals surface area contributed by atoms with Gasteiger partial charge < -0.3 is 15.4 Å². The monoisotopic (exact) mass is 442 g/mol. The van der Waals surface area contributed by atoms with Gasteiger partial charge in [-0.25, -0.2) is 9.78 Å². The summed E-state index contributed by atoms with van der Waals surface area (Å²) < 4.78 is 6.13. The normalized spacial score (nSPS) is 25.7. The Hall–Kier alpha value is -2.38. The highest BCUT2D eigenvalue weighted by molar-refractivity contribution is 6.30. The molecular formula is C24H27ClN2O4. The summed E-state index contributed by atoms with van der Waals surface area (Å²) in [5, 5.41) is 7.00. The van der Waals surface area contributed by atoms with Crippen molar-refractivity contribution in [3.8, 4) is 0 Å². The van der Waals surface area contributed by atoms with Gasteiger partial charge in [-0.2, -0.15) is 0 Å². The van der Waals surface area contributed by atoms with E-state index in [1.807, 2.05) is 48.5 Å². The van der Waals surface area contributed by atoms with Crippen molar-refractivity contribution in [2.45, 2.75) is 50.5 Å². The largest absolute Gasteiger partial charge is 0.382 e. The second-order valence-corrected chi connectivity index (χ2v) is 8.54. The SMILES string of the molecule is C=C(c1ccc(Cl)cc1)C1COC2(CCC(Nc3ccc(NC(C)=O)cc3)CC2)OO1. The lowest BCUT2D eigenvalue weighted by atomic mass is 9.89. The zero-order valence-corrected chi connectivity index (χ0v) is 18.3. The lowest BCUT2D eigenvalue weighted by Gasteiger charge is -2.43. The van der Waals surface area contributed by atoms with Crippen molar-refractivity contribution in [2.75, 3.05) is 17.2 Å². The minimum Gasteiger partial charge on any atom is -0.382 e. The van der Waals surface area contributed by atoms with Crippen molar-refractivity contribution in [3.05, 3.63) is 65.7 Å². The van der Waals surface area contributed by atoms with Crippen LogP contribution in [0, 0.1) is 0 Å². The molecule has 2 aromatic carbocycles. The van der Waals surface area contributed by atoms with E-state index in [1.54, 1.807) is 0 Å². The first-order chi connectivity index (χ1) is 14.9. The van der Waals surface area contributed by atoms with Crippen molar-refractivity contribution in [1.82, 2.24) is 0 Å². The van der Waals surface area contributed by atoms with Gasteiger partial charge in [-0.15, -0.1) is 0 Å². The number of amides is 1. The van der Waals surface area contributed by atoms with E-state index >= 15 is 0 Å². The minimum atomic E-state index is -0.690. The average molecular weight is 443 g/mol. The first-order valence-corrected chi connectivity index (χ1v) is 10.9. The molecule has 1 unspecified atom stereocenters. The molecule has 0 aromatic heterocycles. The summed E-state index contributed by atoms with van der Waals surface area (Å²) in [6.07, 6.45) is 2.95. The third-order valence-corrected chi connectivity index (χ3v) is 5.99. The van der Waals surface area contributed by atoms with Crippen molar-refractivity contribution >= 4 is 34.5 Å². The third-order valence-electron chi connectivity index (χ3n) is 5.74. The fraction of sp³-hybridized carbons (Fsp3) is 0.375. The van der Waals surface area contributed by atoms with Crippen LogP contribution in [0.2, 0.25) is 5.02 Å². The van der Waals surface area contributed by atoms with Crippen LogP contribution in [-0.4, -0.2) is 30.4 Å². The Morgan fingerprint density at radius 2 is 1.71 bits per heavy atom. The van der Waals surface area contributed by atoms with Crippen LogP contribution in [0.15, 0.2) is 55.1 Å². The van der Waals surface area contributed by atoms with Crippen LogP contribution in [0.3, 0.4) is 0 Å². The van der Waals surface area contributed by atoms with E-state index < -0.39 is 5.79 Å². The zero-order valence-electron chi connectivity index (χ0n) is 17.5. The first kappa shape index (κ1) is 21.8. The molecule has 2 aromatic rings. The van der Waals surface area contributed by atoms with Crippen molar-refractivity contribution in [1.29, 1.82) is 0 Å². The number of hydrogen-bond donors (Lipinski definition) is 2. The molecule has 164 valence electrons. The molecule has 6 nitrogen and oxygen atoms in total. The summed E-state index contributed by atoms with van der Waals surface area (Å²) in [5.41, 5.74) is 3.58. The predicted molar refractivity (Wildman–Crippen MR) is 122 cm³/mol. The van der Waals surface area contributed by atoms with Crippen molar-refractivity contribution in [2.24, 2.45) is 0 Å². The fourth-order valence-electron chi connectivity index (χ4n) is 3.95. The summed E-state index contributed by atoms with van der Waals surface area (Å²) in [7, 11) is 0. The van der Waals surface area contributed by atoms with Gasteiger partial charge in [0.1, 0.15) is 6.10 Å². The Bertz CT molecular complexity index is 912. The van der Waals surface area contributed by atoms with E-state index in [9.17, 15) is 4.79 Å². The van der Waals surface area contributed by atoms with Crippen molar-refractivity contribution in [3.63, 3.8) is 0 Å². The van der Waals surface area contributed by atoms with Crippen LogP contribution in [-0.2, 0) is 19.3 Å². The molecule has 7 heteroatoms. The maximum absolute atomic E-state index is 11.1. The molecule has 1 saturated heterocycles. The average Bonchev–Trinajstić information content (AvgIpc) is 2.77. The third kappa shape index (κ3) is 5.46. The second-order valence-electron chi connectivity index (χ2n) is 8.10. The van der Waals surface area contributed by atoms with Crippen LogP contribution in [0.5, 0.6) is 0 Å². The summed E-state index contributed by atoms with van der Waals surface area (Å²) in [5.74, 6) is -0.767. The molecule has 0 radical (unpaired) electrons. The molecule has 1 saturated carbocycles. The maximum Gasteiger partial charge on any atom is 0.221 e. The molecule has 2 fully saturated rings. The van der Waals surface area contributed by atoms with Crippen LogP contribution < -0.4 is 10.6 Å². The molecule has 2 N–H and O–H groups in total. The number of halogens is 1. The summed E-state index contributed by atoms with van der Waals surface area (Å²) >= 11 is 5.96. The van der Waals surface area contributed by atoms with Crippen LogP contribution in [0.4, 0.5) is 11.4 Å². The molecule has 2 aliphatic rings. The van der Waals surface area contributed by atoms with Gasteiger partial charge in [0.25, 0.3) is 0 Å². The highest BCUT2D eigenvalue weighted by Gasteiger charge is 2.43. The van der Waals surface area contributed by atoms with Gasteiger partial charge in [0.05, 0.1) is 6.61 Å². The van der Waals surface area contributed by atoms with Gasteiger partial charge in [-0.05, 0) is 60.4 Å². The summed E-state index contributed by atoms with van der Waals surface area (Å²) in [6, 6.07) is 15.5. The quantitative estimate of drug-likeness (QED) is 0.606. The smallest absolute Gasteiger partial charge is 0.221 e. The summed E-state index contributed by atoms with van der Waals surface area (Å²) in [6.45, 7) is 6.04. The van der Waals surface area contributed by atoms with Gasteiger partial charge in [0, 0.05) is 42.2 Å². The topological polar surface area (TPSA) is 68.8 Å². The van der Waals surface area contributed by atoms with Gasteiger partial charge >= 0.3 is 0 Å². The highest BCUT2D eigenvalue weighted by Crippen LogP contribution is 2.38. The zero-order chi connectivity index (χ0) is 21.8. The van der Waals surface area contributed by atoms with E-state index in [0.717, 1.165) is 48.2 Å². The number of hydrogen-bond acceptors (Lipinski definition) is 5.